The standard InChI is InChI=1S/C18H22N4O3/c1-11-9-12(2)20-16(19-11)15-10-22(7-8-25-15)18(24)14-6-5-13(3)21(4)17(14)23/h5-6,9,15H,7-8,10H2,1-4H3. The van der Waals surface area contributed by atoms with Crippen molar-refractivity contribution in [1.82, 2.24) is 19.4 Å². The van der Waals surface area contributed by atoms with Crippen molar-refractivity contribution in [2.45, 2.75) is 26.9 Å². The molecule has 1 unspecified atom stereocenters. The topological polar surface area (TPSA) is 77.3 Å². The van der Waals surface area contributed by atoms with E-state index in [0.717, 1.165) is 17.1 Å². The lowest BCUT2D eigenvalue weighted by Gasteiger charge is -2.32. The summed E-state index contributed by atoms with van der Waals surface area (Å²) >= 11 is 0. The van der Waals surface area contributed by atoms with Gasteiger partial charge in [-0.15, -0.1) is 0 Å². The third-order valence-corrected chi connectivity index (χ3v) is 4.43. The molecule has 3 rings (SSSR count). The molecule has 0 N–H and O–H groups in total. The molecule has 25 heavy (non-hydrogen) atoms. The molecule has 1 aliphatic heterocycles. The Hall–Kier alpha value is -2.54. The van der Waals surface area contributed by atoms with Crippen LogP contribution < -0.4 is 5.56 Å². The van der Waals surface area contributed by atoms with Gasteiger partial charge in [-0.2, -0.15) is 0 Å². The molecule has 0 bridgehead atoms. The Bertz CT molecular complexity index is 855. The van der Waals surface area contributed by atoms with E-state index in [1.165, 1.54) is 4.57 Å². The van der Waals surface area contributed by atoms with E-state index >= 15 is 0 Å². The molecule has 7 heteroatoms. The quantitative estimate of drug-likeness (QED) is 0.822. The number of ether oxygens (including phenoxy) is 1. The van der Waals surface area contributed by atoms with Crippen molar-refractivity contribution in [2.75, 3.05) is 19.7 Å². The smallest absolute Gasteiger partial charge is 0.263 e. The number of amides is 1. The molecule has 0 aromatic carbocycles. The van der Waals surface area contributed by atoms with E-state index in [2.05, 4.69) is 9.97 Å². The summed E-state index contributed by atoms with van der Waals surface area (Å²) in [6, 6.07) is 5.27. The normalized spacial score (nSPS) is 17.6. The maximum absolute atomic E-state index is 12.8. The summed E-state index contributed by atoms with van der Waals surface area (Å²) in [5, 5.41) is 0. The molecule has 2 aromatic rings. The Labute approximate surface area is 146 Å². The fourth-order valence-electron chi connectivity index (χ4n) is 2.95. The molecule has 0 spiro atoms. The maximum atomic E-state index is 12.8. The molecule has 1 saturated heterocycles. The van der Waals surface area contributed by atoms with E-state index in [-0.39, 0.29) is 23.1 Å². The van der Waals surface area contributed by atoms with Crippen LogP contribution in [-0.2, 0) is 11.8 Å². The number of rotatable bonds is 2. The van der Waals surface area contributed by atoms with Crippen LogP contribution in [0.4, 0.5) is 0 Å². The van der Waals surface area contributed by atoms with E-state index < -0.39 is 0 Å². The van der Waals surface area contributed by atoms with Gasteiger partial charge in [-0.05, 0) is 39.0 Å². The highest BCUT2D eigenvalue weighted by Crippen LogP contribution is 2.21. The molecule has 1 atom stereocenters. The van der Waals surface area contributed by atoms with Crippen LogP contribution in [-0.4, -0.2) is 45.0 Å². The number of nitrogens with zero attached hydrogens (tertiary/aromatic N) is 4. The van der Waals surface area contributed by atoms with Gasteiger partial charge in [0.25, 0.3) is 11.5 Å². The Morgan fingerprint density at radius 1 is 1.20 bits per heavy atom. The minimum atomic E-state index is -0.384. The number of carbonyl (C=O) groups excluding carboxylic acids is 1. The summed E-state index contributed by atoms with van der Waals surface area (Å²) in [4.78, 5) is 35.7. The maximum Gasteiger partial charge on any atom is 0.263 e. The zero-order valence-electron chi connectivity index (χ0n) is 14.9. The number of hydrogen-bond donors (Lipinski definition) is 0. The number of aryl methyl sites for hydroxylation is 3. The van der Waals surface area contributed by atoms with Crippen LogP contribution in [0.15, 0.2) is 23.0 Å². The first-order valence-electron chi connectivity index (χ1n) is 8.26. The van der Waals surface area contributed by atoms with Crippen molar-refractivity contribution in [3.63, 3.8) is 0 Å². The molecule has 0 aliphatic carbocycles. The van der Waals surface area contributed by atoms with Crippen LogP contribution in [0.2, 0.25) is 0 Å². The zero-order valence-corrected chi connectivity index (χ0v) is 14.9. The van der Waals surface area contributed by atoms with E-state index in [4.69, 9.17) is 4.74 Å². The second-order valence-electron chi connectivity index (χ2n) is 6.37. The average Bonchev–Trinajstić information content (AvgIpc) is 2.58. The molecule has 0 saturated carbocycles. The number of carbonyl (C=O) groups is 1. The summed E-state index contributed by atoms with van der Waals surface area (Å²) in [6.07, 6.45) is -0.384. The molecule has 1 amide bonds. The van der Waals surface area contributed by atoms with Gasteiger partial charge in [0.15, 0.2) is 5.82 Å². The number of morpholine rings is 1. The number of hydrogen-bond acceptors (Lipinski definition) is 5. The SMILES string of the molecule is Cc1cc(C)nc(C2CN(C(=O)c3ccc(C)n(C)c3=O)CCO2)n1. The summed E-state index contributed by atoms with van der Waals surface area (Å²) in [6.45, 7) is 6.80. The largest absolute Gasteiger partial charge is 0.367 e. The predicted molar refractivity (Wildman–Crippen MR) is 92.5 cm³/mol. The molecular formula is C18H22N4O3. The van der Waals surface area contributed by atoms with Crippen LogP contribution in [0, 0.1) is 20.8 Å². The summed E-state index contributed by atoms with van der Waals surface area (Å²) in [7, 11) is 1.67. The molecule has 2 aromatic heterocycles. The van der Waals surface area contributed by atoms with Crippen LogP contribution in [0.3, 0.4) is 0 Å². The van der Waals surface area contributed by atoms with Gasteiger partial charge >= 0.3 is 0 Å². The van der Waals surface area contributed by atoms with E-state index in [9.17, 15) is 9.59 Å². The molecule has 1 fully saturated rings. The van der Waals surface area contributed by atoms with Gasteiger partial charge in [0.2, 0.25) is 0 Å². The predicted octanol–water partition coefficient (Wildman–Crippen LogP) is 1.31. The minimum absolute atomic E-state index is 0.176. The molecule has 1 aliphatic rings. The monoisotopic (exact) mass is 342 g/mol. The van der Waals surface area contributed by atoms with Crippen LogP contribution in [0.5, 0.6) is 0 Å². The van der Waals surface area contributed by atoms with Gasteiger partial charge in [-0.1, -0.05) is 0 Å². The Kier molecular flexibility index (Phi) is 4.67. The fraction of sp³-hybridized carbons (Fsp3) is 0.444. The second-order valence-corrected chi connectivity index (χ2v) is 6.37. The van der Waals surface area contributed by atoms with Crippen molar-refractivity contribution < 1.29 is 9.53 Å². The third-order valence-electron chi connectivity index (χ3n) is 4.43. The van der Waals surface area contributed by atoms with Gasteiger partial charge in [0.1, 0.15) is 11.7 Å². The highest BCUT2D eigenvalue weighted by molar-refractivity contribution is 5.94. The van der Waals surface area contributed by atoms with Gasteiger partial charge in [-0.3, -0.25) is 9.59 Å². The molecule has 0 radical (unpaired) electrons. The van der Waals surface area contributed by atoms with Crippen molar-refractivity contribution in [3.05, 3.63) is 57.0 Å². The fourth-order valence-corrected chi connectivity index (χ4v) is 2.95. The first-order valence-corrected chi connectivity index (χ1v) is 8.26. The number of aromatic nitrogens is 3. The first kappa shape index (κ1) is 17.3. The second kappa shape index (κ2) is 6.76. The minimum Gasteiger partial charge on any atom is -0.367 e. The lowest BCUT2D eigenvalue weighted by molar-refractivity contribution is -0.0270. The highest BCUT2D eigenvalue weighted by Gasteiger charge is 2.29. The number of pyridine rings is 1. The van der Waals surface area contributed by atoms with Crippen molar-refractivity contribution in [3.8, 4) is 0 Å². The molecule has 7 nitrogen and oxygen atoms in total. The third kappa shape index (κ3) is 3.46. The van der Waals surface area contributed by atoms with Gasteiger partial charge in [-0.25, -0.2) is 9.97 Å². The van der Waals surface area contributed by atoms with E-state index in [0.29, 0.717) is 25.5 Å². The van der Waals surface area contributed by atoms with Gasteiger partial charge in [0, 0.05) is 30.7 Å². The molecular weight excluding hydrogens is 320 g/mol. The molecule has 3 heterocycles. The Morgan fingerprint density at radius 3 is 2.56 bits per heavy atom. The van der Waals surface area contributed by atoms with Gasteiger partial charge < -0.3 is 14.2 Å². The van der Waals surface area contributed by atoms with E-state index in [1.54, 1.807) is 24.1 Å². The zero-order chi connectivity index (χ0) is 18.1. The van der Waals surface area contributed by atoms with Crippen LogP contribution in [0.1, 0.15) is 39.4 Å². The Balaban J connectivity index is 1.85. The summed E-state index contributed by atoms with van der Waals surface area (Å²) in [5.74, 6) is 0.296. The van der Waals surface area contributed by atoms with Crippen LogP contribution >= 0.6 is 0 Å². The van der Waals surface area contributed by atoms with Crippen molar-refractivity contribution in [1.29, 1.82) is 0 Å². The van der Waals surface area contributed by atoms with Crippen molar-refractivity contribution >= 4 is 5.91 Å². The highest BCUT2D eigenvalue weighted by atomic mass is 16.5. The van der Waals surface area contributed by atoms with Crippen LogP contribution in [0.25, 0.3) is 0 Å². The summed E-state index contributed by atoms with van der Waals surface area (Å²) in [5.41, 5.74) is 2.43. The molecule has 132 valence electrons. The lowest BCUT2D eigenvalue weighted by Crippen LogP contribution is -2.44. The van der Waals surface area contributed by atoms with Crippen molar-refractivity contribution in [2.24, 2.45) is 7.05 Å². The Morgan fingerprint density at radius 2 is 1.88 bits per heavy atom. The first-order chi connectivity index (χ1) is 11.9. The lowest BCUT2D eigenvalue weighted by atomic mass is 10.1. The average molecular weight is 342 g/mol. The van der Waals surface area contributed by atoms with Gasteiger partial charge in [0.05, 0.1) is 13.2 Å². The van der Waals surface area contributed by atoms with E-state index in [1.807, 2.05) is 26.8 Å². The summed E-state index contributed by atoms with van der Waals surface area (Å²) < 4.78 is 7.25.